The van der Waals surface area contributed by atoms with E-state index in [0.29, 0.717) is 11.1 Å². The molecule has 0 atom stereocenters. The van der Waals surface area contributed by atoms with Crippen LogP contribution < -0.4 is 20.9 Å². The van der Waals surface area contributed by atoms with E-state index in [1.165, 1.54) is 11.0 Å². The van der Waals surface area contributed by atoms with Gasteiger partial charge in [-0.2, -0.15) is 15.5 Å². The number of rotatable bonds is 6. The lowest BCUT2D eigenvalue weighted by molar-refractivity contribution is -0.753. The molecule has 0 aliphatic heterocycles. The van der Waals surface area contributed by atoms with Crippen molar-refractivity contribution in [3.05, 3.63) is 47.7 Å². The lowest BCUT2D eigenvalue weighted by Gasteiger charge is -2.12. The molecule has 0 fully saturated rings. The fourth-order valence-electron chi connectivity index (χ4n) is 2.58. The number of nitrogens with two attached hydrogens (primary N) is 1. The molecule has 11 heteroatoms. The zero-order chi connectivity index (χ0) is 21.7. The van der Waals surface area contributed by atoms with Gasteiger partial charge in [-0.15, -0.1) is 0 Å². The molecule has 150 valence electrons. The van der Waals surface area contributed by atoms with Crippen LogP contribution in [0.15, 0.2) is 46.1 Å². The summed E-state index contributed by atoms with van der Waals surface area (Å²) in [6.07, 6.45) is 1.51. The zero-order valence-corrected chi connectivity index (χ0v) is 17.0. The van der Waals surface area contributed by atoms with Crippen molar-refractivity contribution in [3.8, 4) is 23.3 Å². The van der Waals surface area contributed by atoms with E-state index in [-0.39, 0.29) is 39.5 Å². The van der Waals surface area contributed by atoms with E-state index in [0.717, 1.165) is 11.8 Å². The van der Waals surface area contributed by atoms with Gasteiger partial charge in [0.15, 0.2) is 0 Å². The van der Waals surface area contributed by atoms with Crippen LogP contribution in [0.1, 0.15) is 11.1 Å². The minimum absolute atomic E-state index is 0.000482. The summed E-state index contributed by atoms with van der Waals surface area (Å²) in [6.45, 7) is 0. The quantitative estimate of drug-likeness (QED) is 0.443. The van der Waals surface area contributed by atoms with Crippen molar-refractivity contribution in [2.24, 2.45) is 0 Å². The van der Waals surface area contributed by atoms with Gasteiger partial charge in [-0.05, 0) is 5.56 Å². The van der Waals surface area contributed by atoms with Crippen molar-refractivity contribution >= 4 is 29.4 Å². The fourth-order valence-corrected chi connectivity index (χ4v) is 3.38. The second kappa shape index (κ2) is 8.94. The molecule has 3 rings (SSSR count). The minimum Gasteiger partial charge on any atom is -0.383 e. The topological polar surface area (TPSA) is 149 Å². The summed E-state index contributed by atoms with van der Waals surface area (Å²) >= 11 is 1.04. The first-order valence-corrected chi connectivity index (χ1v) is 9.61. The molecule has 2 heterocycles. The Bertz CT molecular complexity index is 1160. The van der Waals surface area contributed by atoms with Crippen LogP contribution in [0, 0.1) is 22.7 Å². The predicted octanol–water partition coefficient (Wildman–Crippen LogP) is 1.28. The highest BCUT2D eigenvalue weighted by Gasteiger charge is 2.22. The van der Waals surface area contributed by atoms with Crippen molar-refractivity contribution in [1.82, 2.24) is 10.3 Å². The molecule has 30 heavy (non-hydrogen) atoms. The summed E-state index contributed by atoms with van der Waals surface area (Å²) in [4.78, 5) is 17.9. The monoisotopic (exact) mass is 421 g/mol. The van der Waals surface area contributed by atoms with Gasteiger partial charge >= 0.3 is 5.88 Å². The standard InChI is InChI=1S/C19H16N8O2S/c1-26(2)27-10-16(29-25-27)23-15(28)11-30-19-14(9-21)17(12-6-4-3-5-7-12)13(8-20)18(22)24-19/h3-7,10H,11H2,1-2H3,(H2-,22,23,24,25,28)/p+1. The van der Waals surface area contributed by atoms with Crippen LogP contribution >= 0.6 is 11.8 Å². The maximum absolute atomic E-state index is 12.3. The lowest BCUT2D eigenvalue weighted by Crippen LogP contribution is -2.53. The summed E-state index contributed by atoms with van der Waals surface area (Å²) in [5, 5.41) is 27.5. The summed E-state index contributed by atoms with van der Waals surface area (Å²) in [7, 11) is 3.53. The molecule has 0 saturated heterocycles. The first-order valence-electron chi connectivity index (χ1n) is 8.62. The summed E-state index contributed by atoms with van der Waals surface area (Å²) in [5.41, 5.74) is 7.35. The molecule has 0 unspecified atom stereocenters. The Labute approximate surface area is 176 Å². The summed E-state index contributed by atoms with van der Waals surface area (Å²) < 4.78 is 5.03. The van der Waals surface area contributed by atoms with Crippen molar-refractivity contribution in [2.75, 3.05) is 35.9 Å². The van der Waals surface area contributed by atoms with Crippen molar-refractivity contribution in [3.63, 3.8) is 0 Å². The number of hydrogen-bond donors (Lipinski definition) is 2. The van der Waals surface area contributed by atoms with Crippen LogP contribution in [0.4, 0.5) is 11.7 Å². The SMILES string of the molecule is CN(C)[n+]1cc(NC(=O)CSc2nc(N)c(C#N)c(-c3ccccc3)c2C#N)on1. The third kappa shape index (κ3) is 4.32. The number of anilines is 2. The van der Waals surface area contributed by atoms with Crippen LogP contribution in [0.3, 0.4) is 0 Å². The third-order valence-electron chi connectivity index (χ3n) is 3.95. The van der Waals surface area contributed by atoms with Crippen LogP contribution in [-0.2, 0) is 4.79 Å². The third-order valence-corrected chi connectivity index (χ3v) is 4.92. The highest BCUT2D eigenvalue weighted by atomic mass is 32.2. The second-order valence-corrected chi connectivity index (χ2v) is 7.15. The van der Waals surface area contributed by atoms with E-state index in [1.807, 2.05) is 12.1 Å². The van der Waals surface area contributed by atoms with Crippen LogP contribution in [0.25, 0.3) is 11.1 Å². The first kappa shape index (κ1) is 20.6. The molecule has 0 bridgehead atoms. The Kier molecular flexibility index (Phi) is 6.15. The van der Waals surface area contributed by atoms with E-state index >= 15 is 0 Å². The number of nitrogens with zero attached hydrogens (tertiary/aromatic N) is 6. The molecule has 0 aliphatic carbocycles. The molecule has 3 N–H and O–H groups in total. The van der Waals surface area contributed by atoms with E-state index < -0.39 is 0 Å². The zero-order valence-electron chi connectivity index (χ0n) is 16.2. The van der Waals surface area contributed by atoms with Gasteiger partial charge in [0.1, 0.15) is 28.5 Å². The maximum Gasteiger partial charge on any atom is 0.305 e. The van der Waals surface area contributed by atoms with Crippen LogP contribution in [0.2, 0.25) is 0 Å². The first-order chi connectivity index (χ1) is 14.4. The Morgan fingerprint density at radius 1 is 1.27 bits per heavy atom. The number of amides is 1. The Morgan fingerprint density at radius 3 is 2.57 bits per heavy atom. The van der Waals surface area contributed by atoms with E-state index in [4.69, 9.17) is 10.3 Å². The Hall–Kier alpha value is -4.09. The Morgan fingerprint density at radius 2 is 1.97 bits per heavy atom. The molecular weight excluding hydrogens is 404 g/mol. The van der Waals surface area contributed by atoms with Gasteiger partial charge < -0.3 is 5.73 Å². The van der Waals surface area contributed by atoms with Gasteiger partial charge in [-0.1, -0.05) is 42.1 Å². The fraction of sp³-hybridized carbons (Fsp3) is 0.158. The smallest absolute Gasteiger partial charge is 0.305 e. The van der Waals surface area contributed by atoms with Gasteiger partial charge in [0.05, 0.1) is 30.2 Å². The minimum atomic E-state index is -0.378. The van der Waals surface area contributed by atoms with Gasteiger partial charge in [-0.3, -0.25) is 14.6 Å². The number of thioether (sulfide) groups is 1. The number of nitrogens with one attached hydrogen (secondary N) is 1. The molecule has 1 amide bonds. The maximum atomic E-state index is 12.3. The van der Waals surface area contributed by atoms with Crippen LogP contribution in [0.5, 0.6) is 0 Å². The molecular formula is C19H17N8O2S+. The number of nitrogen functional groups attached to an aromatic ring is 1. The number of pyridine rings is 1. The highest BCUT2D eigenvalue weighted by Crippen LogP contribution is 2.35. The van der Waals surface area contributed by atoms with Gasteiger partial charge in [0, 0.05) is 5.56 Å². The molecule has 0 aliphatic rings. The Balaban J connectivity index is 1.86. The number of benzene rings is 1. The van der Waals surface area contributed by atoms with Crippen molar-refractivity contribution in [2.45, 2.75) is 5.03 Å². The van der Waals surface area contributed by atoms with Gasteiger partial charge in [0.2, 0.25) is 11.2 Å². The van der Waals surface area contributed by atoms with Gasteiger partial charge in [-0.25, -0.2) is 4.98 Å². The molecule has 3 aromatic rings. The summed E-state index contributed by atoms with van der Waals surface area (Å²) in [5.74, 6) is -0.256. The van der Waals surface area contributed by atoms with Gasteiger partial charge in [0.25, 0.3) is 6.20 Å². The largest absolute Gasteiger partial charge is 0.383 e. The van der Waals surface area contributed by atoms with Crippen molar-refractivity contribution < 1.29 is 14.1 Å². The molecule has 0 radical (unpaired) electrons. The average Bonchev–Trinajstić information content (AvgIpc) is 3.21. The van der Waals surface area contributed by atoms with Crippen LogP contribution in [-0.4, -0.2) is 36.0 Å². The number of carbonyl (C=O) groups is 1. The molecule has 0 saturated carbocycles. The number of hydrogen-bond acceptors (Lipinski definition) is 9. The molecule has 10 nitrogen and oxygen atoms in total. The second-order valence-electron chi connectivity index (χ2n) is 6.19. The van der Waals surface area contributed by atoms with E-state index in [9.17, 15) is 15.3 Å². The number of aromatic nitrogens is 3. The van der Waals surface area contributed by atoms with E-state index in [2.05, 4.69) is 21.6 Å². The lowest BCUT2D eigenvalue weighted by atomic mass is 9.97. The molecule has 2 aromatic heterocycles. The summed E-state index contributed by atoms with van der Waals surface area (Å²) in [6, 6.07) is 13.1. The average molecular weight is 421 g/mol. The predicted molar refractivity (Wildman–Crippen MR) is 110 cm³/mol. The van der Waals surface area contributed by atoms with Crippen molar-refractivity contribution in [1.29, 1.82) is 10.5 Å². The molecule has 0 spiro atoms. The highest BCUT2D eigenvalue weighted by molar-refractivity contribution is 8.00. The van der Waals surface area contributed by atoms with E-state index in [1.54, 1.807) is 43.4 Å². The number of carbonyl (C=O) groups excluding carboxylic acids is 1. The molecule has 1 aromatic carbocycles. The normalized spacial score (nSPS) is 10.1. The number of nitriles is 2.